The number of hydrogen-bond acceptors (Lipinski definition) is 5. The van der Waals surface area contributed by atoms with Crippen LogP contribution in [-0.2, 0) is 24.6 Å². The van der Waals surface area contributed by atoms with Gasteiger partial charge in [0.1, 0.15) is 17.3 Å². The molecule has 3 rings (SSSR count). The van der Waals surface area contributed by atoms with Crippen molar-refractivity contribution in [1.82, 2.24) is 25.1 Å². The molecule has 2 N–H and O–H groups in total. The molecule has 0 saturated carbocycles. The summed E-state index contributed by atoms with van der Waals surface area (Å²) in [6.45, 7) is 3.01. The van der Waals surface area contributed by atoms with Crippen molar-refractivity contribution < 1.29 is 9.18 Å². The van der Waals surface area contributed by atoms with E-state index in [0.717, 1.165) is 4.88 Å². The number of H-pyrrole nitrogens is 1. The van der Waals surface area contributed by atoms with Crippen molar-refractivity contribution in [2.24, 2.45) is 0 Å². The number of thiophene rings is 1. The second-order valence-corrected chi connectivity index (χ2v) is 6.67. The largest absolute Gasteiger partial charge is 0.352 e. The van der Waals surface area contributed by atoms with Crippen LogP contribution >= 0.6 is 11.3 Å². The number of carbonyl (C=O) groups excluding carboxylic acids is 1. The normalized spacial score (nSPS) is 11.1. The molecular weight excluding hydrogens is 333 g/mol. The smallest absolute Gasteiger partial charge is 0.259 e. The summed E-state index contributed by atoms with van der Waals surface area (Å²) < 4.78 is 14.6. The molecule has 3 heterocycles. The lowest BCUT2D eigenvalue weighted by atomic mass is 10.2. The van der Waals surface area contributed by atoms with Crippen molar-refractivity contribution in [2.75, 3.05) is 0 Å². The lowest BCUT2D eigenvalue weighted by Gasteiger charge is -2.01. The molecule has 0 atom stereocenters. The van der Waals surface area contributed by atoms with E-state index in [0.29, 0.717) is 21.6 Å². The first-order chi connectivity index (χ1) is 11.5. The van der Waals surface area contributed by atoms with Crippen LogP contribution < -0.4 is 10.9 Å². The number of nitrogens with zero attached hydrogens (tertiary/aromatic N) is 3. The van der Waals surface area contributed by atoms with E-state index in [1.54, 1.807) is 12.3 Å². The average molecular weight is 349 g/mol. The van der Waals surface area contributed by atoms with Crippen molar-refractivity contribution >= 4 is 27.5 Å². The van der Waals surface area contributed by atoms with Crippen molar-refractivity contribution in [3.63, 3.8) is 0 Å². The summed E-state index contributed by atoms with van der Waals surface area (Å²) in [7, 11) is 0. The highest BCUT2D eigenvalue weighted by Gasteiger charge is 2.12. The molecule has 0 aliphatic heterocycles. The maximum Gasteiger partial charge on any atom is 0.259 e. The molecule has 7 nitrogen and oxygen atoms in total. The zero-order chi connectivity index (χ0) is 17.3. The Morgan fingerprint density at radius 3 is 3.00 bits per heavy atom. The Balaban J connectivity index is 1.88. The first-order valence-corrected chi connectivity index (χ1v) is 8.13. The van der Waals surface area contributed by atoms with Crippen LogP contribution in [0, 0.1) is 6.92 Å². The van der Waals surface area contributed by atoms with Crippen LogP contribution in [0.1, 0.15) is 28.9 Å². The van der Waals surface area contributed by atoms with Gasteiger partial charge in [-0.15, -0.1) is 11.3 Å². The predicted molar refractivity (Wildman–Crippen MR) is 88.6 cm³/mol. The SMILES string of the molecule is CC(=O)NCc1cn(Cc2nc3sc(C)cc3c(=O)[nH]2)nc1CF. The summed E-state index contributed by atoms with van der Waals surface area (Å²) in [5.41, 5.74) is 0.665. The molecule has 1 amide bonds. The second-order valence-electron chi connectivity index (χ2n) is 5.43. The van der Waals surface area contributed by atoms with Crippen molar-refractivity contribution in [3.05, 3.63) is 44.6 Å². The lowest BCUT2D eigenvalue weighted by molar-refractivity contribution is -0.119. The number of hydrogen-bond donors (Lipinski definition) is 2. The Hall–Kier alpha value is -2.55. The van der Waals surface area contributed by atoms with Crippen molar-refractivity contribution in [3.8, 4) is 0 Å². The average Bonchev–Trinajstić information content (AvgIpc) is 3.08. The molecule has 3 aromatic heterocycles. The van der Waals surface area contributed by atoms with Gasteiger partial charge in [-0.2, -0.15) is 5.10 Å². The van der Waals surface area contributed by atoms with Gasteiger partial charge in [-0.3, -0.25) is 14.3 Å². The van der Waals surface area contributed by atoms with E-state index in [1.165, 1.54) is 22.9 Å². The van der Waals surface area contributed by atoms with Crippen LogP contribution in [0.25, 0.3) is 10.2 Å². The number of amides is 1. The van der Waals surface area contributed by atoms with Gasteiger partial charge in [0.15, 0.2) is 0 Å². The van der Waals surface area contributed by atoms with Gasteiger partial charge in [0.25, 0.3) is 5.56 Å². The molecule has 9 heteroatoms. The van der Waals surface area contributed by atoms with E-state index >= 15 is 0 Å². The number of fused-ring (bicyclic) bond motifs is 1. The molecule has 0 aliphatic carbocycles. The topological polar surface area (TPSA) is 92.7 Å². The van der Waals surface area contributed by atoms with E-state index in [-0.39, 0.29) is 30.2 Å². The van der Waals surface area contributed by atoms with Gasteiger partial charge in [0.05, 0.1) is 17.6 Å². The number of alkyl halides is 1. The molecule has 0 unspecified atom stereocenters. The molecule has 24 heavy (non-hydrogen) atoms. The third-order valence-electron chi connectivity index (χ3n) is 3.47. The minimum absolute atomic E-state index is 0.197. The number of rotatable bonds is 5. The zero-order valence-corrected chi connectivity index (χ0v) is 14.0. The van der Waals surface area contributed by atoms with Gasteiger partial charge in [0, 0.05) is 30.1 Å². The number of aromatic nitrogens is 4. The lowest BCUT2D eigenvalue weighted by Crippen LogP contribution is -2.19. The van der Waals surface area contributed by atoms with E-state index in [1.807, 2.05) is 6.92 Å². The summed E-state index contributed by atoms with van der Waals surface area (Å²) in [5, 5.41) is 7.33. The molecule has 0 bridgehead atoms. The van der Waals surface area contributed by atoms with E-state index < -0.39 is 6.67 Å². The standard InChI is InChI=1S/C15H16FN5O2S/c1-8-3-11-14(23)18-13(19-15(11)24-8)7-21-6-10(5-17-9(2)22)12(4-16)20-21/h3,6H,4-5,7H2,1-2H3,(H,17,22)(H,18,19,23). The zero-order valence-electron chi connectivity index (χ0n) is 13.2. The minimum atomic E-state index is -0.727. The van der Waals surface area contributed by atoms with Gasteiger partial charge in [-0.25, -0.2) is 9.37 Å². The molecule has 0 saturated heterocycles. The van der Waals surface area contributed by atoms with Crippen LogP contribution in [0.3, 0.4) is 0 Å². The fourth-order valence-electron chi connectivity index (χ4n) is 2.39. The number of nitrogens with one attached hydrogen (secondary N) is 2. The Bertz CT molecular complexity index is 959. The maximum atomic E-state index is 13.1. The highest BCUT2D eigenvalue weighted by Crippen LogP contribution is 2.20. The molecule has 0 fully saturated rings. The van der Waals surface area contributed by atoms with Gasteiger partial charge in [-0.05, 0) is 13.0 Å². The third-order valence-corrected chi connectivity index (χ3v) is 4.41. The Labute approximate surface area is 140 Å². The number of aryl methyl sites for hydroxylation is 1. The highest BCUT2D eigenvalue weighted by atomic mass is 32.1. The first kappa shape index (κ1) is 16.3. The van der Waals surface area contributed by atoms with Gasteiger partial charge < -0.3 is 10.3 Å². The summed E-state index contributed by atoms with van der Waals surface area (Å²) in [6, 6.07) is 1.80. The highest BCUT2D eigenvalue weighted by molar-refractivity contribution is 7.18. The number of halogens is 1. The van der Waals surface area contributed by atoms with Gasteiger partial charge in [-0.1, -0.05) is 0 Å². The van der Waals surface area contributed by atoms with Crippen molar-refractivity contribution in [2.45, 2.75) is 33.6 Å². The predicted octanol–water partition coefficient (Wildman–Crippen LogP) is 1.64. The fraction of sp³-hybridized carbons (Fsp3) is 0.333. The summed E-state index contributed by atoms with van der Waals surface area (Å²) in [5.74, 6) is 0.255. The summed E-state index contributed by atoms with van der Waals surface area (Å²) in [6.07, 6.45) is 1.65. The second kappa shape index (κ2) is 6.52. The Kier molecular flexibility index (Phi) is 4.43. The van der Waals surface area contributed by atoms with Crippen LogP contribution in [0.2, 0.25) is 0 Å². The van der Waals surface area contributed by atoms with Crippen LogP contribution in [-0.4, -0.2) is 25.7 Å². The van der Waals surface area contributed by atoms with E-state index in [4.69, 9.17) is 0 Å². The first-order valence-electron chi connectivity index (χ1n) is 7.31. The Morgan fingerprint density at radius 2 is 2.29 bits per heavy atom. The van der Waals surface area contributed by atoms with Gasteiger partial charge >= 0.3 is 0 Å². The quantitative estimate of drug-likeness (QED) is 0.732. The molecule has 0 spiro atoms. The molecule has 0 aromatic carbocycles. The number of carbonyl (C=O) groups is 1. The number of aromatic amines is 1. The minimum Gasteiger partial charge on any atom is -0.352 e. The van der Waals surface area contributed by atoms with Crippen molar-refractivity contribution in [1.29, 1.82) is 0 Å². The maximum absolute atomic E-state index is 13.1. The molecule has 126 valence electrons. The third kappa shape index (κ3) is 3.35. The van der Waals surface area contributed by atoms with Crippen LogP contribution in [0.15, 0.2) is 17.1 Å². The molecule has 0 aliphatic rings. The molecule has 3 aromatic rings. The monoisotopic (exact) mass is 349 g/mol. The van der Waals surface area contributed by atoms with Crippen LogP contribution in [0.5, 0.6) is 0 Å². The summed E-state index contributed by atoms with van der Waals surface area (Å²) >= 11 is 1.45. The molecule has 0 radical (unpaired) electrons. The van der Waals surface area contributed by atoms with E-state index in [2.05, 4.69) is 20.4 Å². The fourth-order valence-corrected chi connectivity index (χ4v) is 3.29. The van der Waals surface area contributed by atoms with E-state index in [9.17, 15) is 14.0 Å². The van der Waals surface area contributed by atoms with Gasteiger partial charge in [0.2, 0.25) is 5.91 Å². The van der Waals surface area contributed by atoms with Crippen LogP contribution in [0.4, 0.5) is 4.39 Å². The Morgan fingerprint density at radius 1 is 1.50 bits per heavy atom. The summed E-state index contributed by atoms with van der Waals surface area (Å²) in [4.78, 5) is 31.9. The molecular formula is C15H16FN5O2S.